The third-order valence-electron chi connectivity index (χ3n) is 3.36. The molecule has 0 bridgehead atoms. The lowest BCUT2D eigenvalue weighted by Crippen LogP contribution is -2.21. The van der Waals surface area contributed by atoms with Crippen molar-refractivity contribution in [1.29, 1.82) is 0 Å². The van der Waals surface area contributed by atoms with Crippen LogP contribution in [0.2, 0.25) is 0 Å². The SMILES string of the molecule is COc1ccc(C(N)CNc2ncnc3scc(Br)c23)cc1. The molecule has 7 heteroatoms. The number of ether oxygens (including phenoxy) is 1. The zero-order chi connectivity index (χ0) is 15.5. The van der Waals surface area contributed by atoms with Crippen molar-refractivity contribution < 1.29 is 4.74 Å². The molecule has 1 aromatic carbocycles. The maximum atomic E-state index is 6.24. The zero-order valence-electron chi connectivity index (χ0n) is 11.9. The van der Waals surface area contributed by atoms with Gasteiger partial charge in [-0.3, -0.25) is 0 Å². The van der Waals surface area contributed by atoms with E-state index in [0.29, 0.717) is 6.54 Å². The van der Waals surface area contributed by atoms with Crippen molar-refractivity contribution in [3.63, 3.8) is 0 Å². The fraction of sp³-hybridized carbons (Fsp3) is 0.200. The van der Waals surface area contributed by atoms with Crippen molar-refractivity contribution in [3.8, 4) is 5.75 Å². The Labute approximate surface area is 140 Å². The highest BCUT2D eigenvalue weighted by atomic mass is 79.9. The van der Waals surface area contributed by atoms with Crippen LogP contribution < -0.4 is 15.8 Å². The third-order valence-corrected chi connectivity index (χ3v) is 5.17. The van der Waals surface area contributed by atoms with Crippen LogP contribution in [0.1, 0.15) is 11.6 Å². The standard InChI is InChI=1S/C15H15BrN4OS/c1-21-10-4-2-9(3-5-10)12(17)6-18-14-13-11(16)7-22-15(13)20-8-19-14/h2-5,7-8,12H,6,17H2,1H3,(H,18,19,20). The lowest BCUT2D eigenvalue weighted by Gasteiger charge is -2.14. The maximum Gasteiger partial charge on any atom is 0.139 e. The number of aromatic nitrogens is 2. The number of methoxy groups -OCH3 is 1. The van der Waals surface area contributed by atoms with Crippen molar-refractivity contribution in [2.24, 2.45) is 5.73 Å². The summed E-state index contributed by atoms with van der Waals surface area (Å²) in [5, 5.41) is 6.31. The number of halogens is 1. The van der Waals surface area contributed by atoms with Crippen molar-refractivity contribution in [3.05, 3.63) is 46.0 Å². The van der Waals surface area contributed by atoms with E-state index in [-0.39, 0.29) is 6.04 Å². The molecule has 0 fully saturated rings. The number of hydrogen-bond donors (Lipinski definition) is 2. The minimum absolute atomic E-state index is 0.131. The molecule has 0 spiro atoms. The lowest BCUT2D eigenvalue weighted by molar-refractivity contribution is 0.414. The Hall–Kier alpha value is -1.70. The molecule has 1 atom stereocenters. The van der Waals surface area contributed by atoms with Crippen LogP contribution in [0.15, 0.2) is 40.4 Å². The molecule has 0 aliphatic heterocycles. The molecule has 22 heavy (non-hydrogen) atoms. The first kappa shape index (κ1) is 15.2. The number of hydrogen-bond acceptors (Lipinski definition) is 6. The van der Waals surface area contributed by atoms with Crippen LogP contribution in [0.4, 0.5) is 5.82 Å². The molecule has 3 N–H and O–H groups in total. The summed E-state index contributed by atoms with van der Waals surface area (Å²) >= 11 is 5.11. The largest absolute Gasteiger partial charge is 0.497 e. The second kappa shape index (κ2) is 6.60. The number of nitrogens with one attached hydrogen (secondary N) is 1. The van der Waals surface area contributed by atoms with Gasteiger partial charge in [-0.25, -0.2) is 9.97 Å². The highest BCUT2D eigenvalue weighted by Crippen LogP contribution is 2.33. The Morgan fingerprint density at radius 3 is 2.82 bits per heavy atom. The van der Waals surface area contributed by atoms with Gasteiger partial charge in [-0.15, -0.1) is 11.3 Å². The number of anilines is 1. The fourth-order valence-corrected chi connectivity index (χ4v) is 3.70. The van der Waals surface area contributed by atoms with Crippen molar-refractivity contribution in [1.82, 2.24) is 9.97 Å². The van der Waals surface area contributed by atoms with E-state index in [1.165, 1.54) is 0 Å². The summed E-state index contributed by atoms with van der Waals surface area (Å²) in [6.45, 7) is 0.584. The van der Waals surface area contributed by atoms with Crippen LogP contribution in [0, 0.1) is 0 Å². The van der Waals surface area contributed by atoms with E-state index >= 15 is 0 Å². The molecule has 1 unspecified atom stereocenters. The normalized spacial score (nSPS) is 12.3. The number of thiophene rings is 1. The quantitative estimate of drug-likeness (QED) is 0.709. The van der Waals surface area contributed by atoms with Crippen LogP contribution in [0.5, 0.6) is 5.75 Å². The molecule has 114 valence electrons. The molecule has 2 aromatic heterocycles. The van der Waals surface area contributed by atoms with Crippen LogP contribution >= 0.6 is 27.3 Å². The van der Waals surface area contributed by atoms with Gasteiger partial charge >= 0.3 is 0 Å². The smallest absolute Gasteiger partial charge is 0.139 e. The van der Waals surface area contributed by atoms with Gasteiger partial charge in [0.1, 0.15) is 22.7 Å². The van der Waals surface area contributed by atoms with Crippen LogP contribution in [0.25, 0.3) is 10.2 Å². The lowest BCUT2D eigenvalue weighted by atomic mass is 10.1. The summed E-state index contributed by atoms with van der Waals surface area (Å²) < 4.78 is 6.15. The van der Waals surface area contributed by atoms with Crippen LogP contribution in [-0.2, 0) is 0 Å². The topological polar surface area (TPSA) is 73.1 Å². The first-order chi connectivity index (χ1) is 10.7. The maximum absolute atomic E-state index is 6.24. The van der Waals surface area contributed by atoms with E-state index < -0.39 is 0 Å². The van der Waals surface area contributed by atoms with Crippen molar-refractivity contribution in [2.75, 3.05) is 19.0 Å². The average Bonchev–Trinajstić information content (AvgIpc) is 2.95. The van der Waals surface area contributed by atoms with E-state index in [2.05, 4.69) is 31.2 Å². The summed E-state index contributed by atoms with van der Waals surface area (Å²) in [6, 6.07) is 7.64. The van der Waals surface area contributed by atoms with Gasteiger partial charge in [0.15, 0.2) is 0 Å². The Bertz CT molecular complexity index is 775. The van der Waals surface area contributed by atoms with Gasteiger partial charge in [-0.05, 0) is 33.6 Å². The van der Waals surface area contributed by atoms with Gasteiger partial charge in [-0.2, -0.15) is 0 Å². The molecular formula is C15H15BrN4OS. The van der Waals surface area contributed by atoms with Gasteiger partial charge in [0, 0.05) is 22.4 Å². The molecule has 0 aliphatic rings. The molecule has 2 heterocycles. The minimum atomic E-state index is -0.131. The highest BCUT2D eigenvalue weighted by Gasteiger charge is 2.11. The molecule has 0 saturated carbocycles. The number of rotatable bonds is 5. The van der Waals surface area contributed by atoms with E-state index in [4.69, 9.17) is 10.5 Å². The number of fused-ring (bicyclic) bond motifs is 1. The molecule has 5 nitrogen and oxygen atoms in total. The van der Waals surface area contributed by atoms with Crippen LogP contribution in [-0.4, -0.2) is 23.6 Å². The minimum Gasteiger partial charge on any atom is -0.497 e. The molecule has 3 aromatic rings. The fourth-order valence-electron chi connectivity index (χ4n) is 2.15. The summed E-state index contributed by atoms with van der Waals surface area (Å²) in [7, 11) is 1.65. The predicted octanol–water partition coefficient (Wildman–Crippen LogP) is 3.57. The van der Waals surface area contributed by atoms with Gasteiger partial charge in [0.05, 0.1) is 12.5 Å². The Morgan fingerprint density at radius 2 is 2.09 bits per heavy atom. The molecule has 0 saturated heterocycles. The molecular weight excluding hydrogens is 364 g/mol. The Balaban J connectivity index is 1.74. The summed E-state index contributed by atoms with van der Waals surface area (Å²) in [6.07, 6.45) is 1.56. The molecule has 0 aliphatic carbocycles. The second-order valence-corrected chi connectivity index (χ2v) is 6.46. The van der Waals surface area contributed by atoms with Gasteiger partial charge in [0.2, 0.25) is 0 Å². The van der Waals surface area contributed by atoms with Crippen molar-refractivity contribution in [2.45, 2.75) is 6.04 Å². The summed E-state index contributed by atoms with van der Waals surface area (Å²) in [5.41, 5.74) is 7.28. The number of benzene rings is 1. The Morgan fingerprint density at radius 1 is 1.32 bits per heavy atom. The average molecular weight is 379 g/mol. The van der Waals surface area contributed by atoms with Gasteiger partial charge in [-0.1, -0.05) is 12.1 Å². The third kappa shape index (κ3) is 3.06. The highest BCUT2D eigenvalue weighted by molar-refractivity contribution is 9.10. The van der Waals surface area contributed by atoms with E-state index in [1.807, 2.05) is 29.6 Å². The first-order valence-electron chi connectivity index (χ1n) is 6.70. The molecule has 3 rings (SSSR count). The second-order valence-electron chi connectivity index (χ2n) is 4.75. The van der Waals surface area contributed by atoms with E-state index in [0.717, 1.165) is 31.8 Å². The Kier molecular flexibility index (Phi) is 4.56. The number of nitrogens with two attached hydrogens (primary N) is 1. The summed E-state index contributed by atoms with van der Waals surface area (Å²) in [5.74, 6) is 1.62. The zero-order valence-corrected chi connectivity index (χ0v) is 14.3. The number of nitrogens with zero attached hydrogens (tertiary/aromatic N) is 2. The molecule has 0 radical (unpaired) electrons. The predicted molar refractivity (Wildman–Crippen MR) is 93.5 cm³/mol. The monoisotopic (exact) mass is 378 g/mol. The van der Waals surface area contributed by atoms with Gasteiger partial charge < -0.3 is 15.8 Å². The van der Waals surface area contributed by atoms with Crippen LogP contribution in [0.3, 0.4) is 0 Å². The summed E-state index contributed by atoms with van der Waals surface area (Å²) in [4.78, 5) is 9.52. The van der Waals surface area contributed by atoms with E-state index in [9.17, 15) is 0 Å². The van der Waals surface area contributed by atoms with Crippen molar-refractivity contribution >= 4 is 43.3 Å². The van der Waals surface area contributed by atoms with Gasteiger partial charge in [0.25, 0.3) is 0 Å². The first-order valence-corrected chi connectivity index (χ1v) is 8.37. The molecule has 0 amide bonds. The van der Waals surface area contributed by atoms with E-state index in [1.54, 1.807) is 24.8 Å².